The molecule has 0 radical (unpaired) electrons. The molecular formula is C25H21ClN4O4S3. The highest BCUT2D eigenvalue weighted by Crippen LogP contribution is 2.35. The number of nitrogens with zero attached hydrogens (tertiary/aromatic N) is 3. The topological polar surface area (TPSA) is 103 Å². The van der Waals surface area contributed by atoms with Crippen LogP contribution in [0.4, 0.5) is 5.13 Å². The summed E-state index contributed by atoms with van der Waals surface area (Å²) in [6, 6.07) is 16.8. The van der Waals surface area contributed by atoms with Gasteiger partial charge in [0.1, 0.15) is 25.8 Å². The molecule has 0 aliphatic heterocycles. The van der Waals surface area contributed by atoms with Gasteiger partial charge >= 0.3 is 5.97 Å². The molecule has 3 heterocycles. The number of carbonyl (C=O) groups excluding carboxylic acids is 2. The number of thiazole rings is 1. The van der Waals surface area contributed by atoms with Crippen LogP contribution in [0.1, 0.15) is 23.1 Å². The van der Waals surface area contributed by atoms with Gasteiger partial charge in [0.15, 0.2) is 5.13 Å². The Labute approximate surface area is 231 Å². The molecule has 0 atom stereocenters. The third-order valence-corrected chi connectivity index (χ3v) is 7.86. The highest BCUT2D eigenvalue weighted by Gasteiger charge is 2.20. The number of carbonyl (C=O) groups is 2. The van der Waals surface area contributed by atoms with Crippen molar-refractivity contribution >= 4 is 63.5 Å². The Morgan fingerprint density at radius 2 is 1.84 bits per heavy atom. The van der Waals surface area contributed by atoms with Gasteiger partial charge < -0.3 is 9.47 Å². The third kappa shape index (κ3) is 7.45. The average molecular weight is 573 g/mol. The monoisotopic (exact) mass is 572 g/mol. The minimum atomic E-state index is -0.451. The summed E-state index contributed by atoms with van der Waals surface area (Å²) in [6.07, 6.45) is 1.62. The molecule has 4 aromatic rings. The fourth-order valence-corrected chi connectivity index (χ4v) is 5.69. The van der Waals surface area contributed by atoms with Crippen molar-refractivity contribution < 1.29 is 19.1 Å². The molecule has 0 spiro atoms. The number of aromatic nitrogens is 3. The predicted molar refractivity (Wildman–Crippen MR) is 145 cm³/mol. The lowest BCUT2D eigenvalue weighted by Gasteiger charge is -2.10. The number of rotatable bonds is 10. The van der Waals surface area contributed by atoms with Crippen LogP contribution in [-0.2, 0) is 16.0 Å². The summed E-state index contributed by atoms with van der Waals surface area (Å²) >= 11 is 10.1. The molecule has 0 aliphatic rings. The summed E-state index contributed by atoms with van der Waals surface area (Å²) in [4.78, 5) is 40.0. The van der Waals surface area contributed by atoms with E-state index in [4.69, 9.17) is 21.1 Å². The number of halogens is 1. The van der Waals surface area contributed by atoms with Gasteiger partial charge in [0.25, 0.3) is 5.91 Å². The van der Waals surface area contributed by atoms with E-state index in [1.54, 1.807) is 20.2 Å². The summed E-state index contributed by atoms with van der Waals surface area (Å²) in [6.45, 7) is 1.98. The van der Waals surface area contributed by atoms with Crippen molar-refractivity contribution in [3.8, 4) is 5.75 Å². The van der Waals surface area contributed by atoms with E-state index >= 15 is 0 Å². The number of methoxy groups -OCH3 is 1. The highest BCUT2D eigenvalue weighted by molar-refractivity contribution is 7.99. The largest absolute Gasteiger partial charge is 0.497 e. The Balaban J connectivity index is 1.60. The van der Waals surface area contributed by atoms with Crippen LogP contribution in [0.15, 0.2) is 80.6 Å². The van der Waals surface area contributed by atoms with Crippen LogP contribution in [0.3, 0.4) is 0 Å². The van der Waals surface area contributed by atoms with Crippen molar-refractivity contribution in [2.75, 3.05) is 19.0 Å². The number of ether oxygens (including phenoxy) is 2. The van der Waals surface area contributed by atoms with Crippen LogP contribution in [0.5, 0.6) is 5.75 Å². The van der Waals surface area contributed by atoms with E-state index in [1.807, 2.05) is 54.6 Å². The molecule has 3 aromatic heterocycles. The summed E-state index contributed by atoms with van der Waals surface area (Å²) in [5, 5.41) is 4.41. The van der Waals surface area contributed by atoms with E-state index in [0.29, 0.717) is 20.0 Å². The minimum absolute atomic E-state index is 0.0773. The number of hydrogen-bond acceptors (Lipinski definition) is 10. The quantitative estimate of drug-likeness (QED) is 0.221. The first-order valence-electron chi connectivity index (χ1n) is 11.0. The van der Waals surface area contributed by atoms with E-state index in [-0.39, 0.29) is 23.9 Å². The first-order chi connectivity index (χ1) is 17.9. The van der Waals surface area contributed by atoms with Crippen LogP contribution in [0.25, 0.3) is 0 Å². The molecule has 1 aromatic carbocycles. The van der Waals surface area contributed by atoms with Crippen LogP contribution < -0.4 is 10.1 Å². The van der Waals surface area contributed by atoms with Gasteiger partial charge in [0, 0.05) is 16.0 Å². The zero-order valence-electron chi connectivity index (χ0n) is 19.8. The number of esters is 1. The van der Waals surface area contributed by atoms with Gasteiger partial charge in [-0.1, -0.05) is 52.5 Å². The molecule has 0 bridgehead atoms. The van der Waals surface area contributed by atoms with Gasteiger partial charge in [-0.15, -0.1) is 0 Å². The van der Waals surface area contributed by atoms with Crippen molar-refractivity contribution in [2.24, 2.45) is 0 Å². The highest BCUT2D eigenvalue weighted by atomic mass is 35.5. The zero-order chi connectivity index (χ0) is 26.2. The van der Waals surface area contributed by atoms with Crippen molar-refractivity contribution in [3.05, 3.63) is 76.5 Å². The molecular weight excluding hydrogens is 552 g/mol. The number of hydrogen-bond donors (Lipinski definition) is 1. The molecule has 8 nitrogen and oxygen atoms in total. The summed E-state index contributed by atoms with van der Waals surface area (Å²) < 4.78 is 10.5. The summed E-state index contributed by atoms with van der Waals surface area (Å²) in [7, 11) is 1.61. The van der Waals surface area contributed by atoms with Crippen molar-refractivity contribution in [1.82, 2.24) is 15.0 Å². The Morgan fingerprint density at radius 3 is 2.54 bits per heavy atom. The van der Waals surface area contributed by atoms with E-state index in [2.05, 4.69) is 20.3 Å². The van der Waals surface area contributed by atoms with Gasteiger partial charge in [-0.3, -0.25) is 14.9 Å². The summed E-state index contributed by atoms with van der Waals surface area (Å²) in [5.41, 5.74) is 0.570. The van der Waals surface area contributed by atoms with E-state index in [0.717, 1.165) is 27.0 Å². The maximum absolute atomic E-state index is 13.4. The van der Waals surface area contributed by atoms with Gasteiger partial charge in [0.05, 0.1) is 25.8 Å². The SMILES string of the molecule is CCOC(=O)Cc1nc(NC(=O)c2nc(Sc3ccccn3)ccc2Sc2ccc(OC)cc2)sc1Cl. The van der Waals surface area contributed by atoms with Gasteiger partial charge in [-0.05, 0) is 55.5 Å². The molecule has 1 amide bonds. The maximum Gasteiger partial charge on any atom is 0.311 e. The second-order valence-electron chi connectivity index (χ2n) is 7.22. The maximum atomic E-state index is 13.4. The van der Waals surface area contributed by atoms with Gasteiger partial charge in [-0.2, -0.15) is 0 Å². The first kappa shape index (κ1) is 26.9. The normalized spacial score (nSPS) is 10.7. The second-order valence-corrected chi connectivity index (χ2v) is 11.0. The Kier molecular flexibility index (Phi) is 9.40. The van der Waals surface area contributed by atoms with Crippen molar-refractivity contribution in [2.45, 2.75) is 33.2 Å². The molecule has 12 heteroatoms. The van der Waals surface area contributed by atoms with E-state index in [9.17, 15) is 9.59 Å². The average Bonchev–Trinajstić information content (AvgIpc) is 3.24. The number of anilines is 1. The van der Waals surface area contributed by atoms with Crippen LogP contribution in [0, 0.1) is 0 Å². The Morgan fingerprint density at radius 1 is 1.03 bits per heavy atom. The molecule has 37 heavy (non-hydrogen) atoms. The first-order valence-corrected chi connectivity index (χ1v) is 13.8. The second kappa shape index (κ2) is 12.9. The smallest absolute Gasteiger partial charge is 0.311 e. The molecule has 4 rings (SSSR count). The number of amides is 1. The molecule has 190 valence electrons. The van der Waals surface area contributed by atoms with Gasteiger partial charge in [0.2, 0.25) is 0 Å². The lowest BCUT2D eigenvalue weighted by atomic mass is 10.3. The number of benzene rings is 1. The fourth-order valence-electron chi connectivity index (χ4n) is 3.02. The predicted octanol–water partition coefficient (Wildman–Crippen LogP) is 6.26. The molecule has 0 fully saturated rings. The standard InChI is InChI=1S/C25H21ClN4O4S3/c1-3-34-21(31)14-17-23(26)37-25(28-17)30-24(32)22-18(35-16-9-7-15(33-2)8-10-16)11-12-20(29-22)36-19-6-4-5-13-27-19/h4-13H,3,14H2,1-2H3,(H,28,30,32). The van der Waals surface area contributed by atoms with Crippen molar-refractivity contribution in [1.29, 1.82) is 0 Å². The lowest BCUT2D eigenvalue weighted by molar-refractivity contribution is -0.142. The Hall–Kier alpha value is -3.12. The van der Waals surface area contributed by atoms with Crippen LogP contribution in [-0.4, -0.2) is 40.5 Å². The molecule has 0 saturated heterocycles. The fraction of sp³-hybridized carbons (Fsp3) is 0.160. The lowest BCUT2D eigenvalue weighted by Crippen LogP contribution is -2.15. The summed E-state index contributed by atoms with van der Waals surface area (Å²) in [5.74, 6) is -0.152. The third-order valence-electron chi connectivity index (χ3n) is 4.67. The minimum Gasteiger partial charge on any atom is -0.497 e. The van der Waals surface area contributed by atoms with Gasteiger partial charge in [-0.25, -0.2) is 15.0 Å². The van der Waals surface area contributed by atoms with Crippen LogP contribution >= 0.6 is 46.5 Å². The van der Waals surface area contributed by atoms with E-state index in [1.165, 1.54) is 23.5 Å². The molecule has 0 saturated carbocycles. The number of nitrogens with one attached hydrogen (secondary N) is 1. The Bertz CT molecular complexity index is 1380. The molecule has 1 N–H and O–H groups in total. The molecule has 0 aliphatic carbocycles. The zero-order valence-corrected chi connectivity index (χ0v) is 23.0. The number of pyridine rings is 2. The molecule has 0 unspecified atom stereocenters. The van der Waals surface area contributed by atoms with E-state index < -0.39 is 11.9 Å². The van der Waals surface area contributed by atoms with Crippen molar-refractivity contribution in [3.63, 3.8) is 0 Å². The van der Waals surface area contributed by atoms with Crippen LogP contribution in [0.2, 0.25) is 4.34 Å².